The summed E-state index contributed by atoms with van der Waals surface area (Å²) in [6, 6.07) is 0. The van der Waals surface area contributed by atoms with Crippen molar-refractivity contribution in [3.8, 4) is 0 Å². The smallest absolute Gasteiger partial charge is 0.0672 e. The van der Waals surface area contributed by atoms with Crippen LogP contribution in [0.15, 0.2) is 0 Å². The summed E-state index contributed by atoms with van der Waals surface area (Å²) >= 11 is 0. The van der Waals surface area contributed by atoms with Crippen LogP contribution >= 0.6 is 0 Å². The molecule has 0 saturated carbocycles. The van der Waals surface area contributed by atoms with Crippen LogP contribution in [0.1, 0.15) is 71.1 Å². The van der Waals surface area contributed by atoms with Crippen molar-refractivity contribution in [1.82, 2.24) is 4.90 Å². The second kappa shape index (κ2) is 8.10. The zero-order chi connectivity index (χ0) is 12.6. The predicted molar refractivity (Wildman–Crippen MR) is 74.3 cm³/mol. The summed E-state index contributed by atoms with van der Waals surface area (Å²) in [5.41, 5.74) is -0.337. The third-order valence-corrected chi connectivity index (χ3v) is 4.16. The first-order valence-electron chi connectivity index (χ1n) is 7.57. The number of hydrogen-bond acceptors (Lipinski definition) is 2. The molecular weight excluding hydrogens is 210 g/mol. The molecule has 1 heterocycles. The summed E-state index contributed by atoms with van der Waals surface area (Å²) < 4.78 is 0. The molecule has 2 heteroatoms. The van der Waals surface area contributed by atoms with E-state index < -0.39 is 0 Å². The Morgan fingerprint density at radius 1 is 0.941 bits per heavy atom. The van der Waals surface area contributed by atoms with Crippen molar-refractivity contribution >= 4 is 0 Å². The third kappa shape index (κ3) is 6.42. The first kappa shape index (κ1) is 15.0. The topological polar surface area (TPSA) is 23.5 Å². The summed E-state index contributed by atoms with van der Waals surface area (Å²) in [4.78, 5) is 2.32. The van der Waals surface area contributed by atoms with Crippen LogP contribution in [0.2, 0.25) is 0 Å². The molecule has 1 aliphatic heterocycles. The van der Waals surface area contributed by atoms with Crippen LogP contribution in [0.3, 0.4) is 0 Å². The van der Waals surface area contributed by atoms with Gasteiger partial charge in [-0.25, -0.2) is 0 Å². The van der Waals surface area contributed by atoms with Gasteiger partial charge in [0.15, 0.2) is 0 Å². The molecule has 1 aliphatic rings. The fourth-order valence-corrected chi connectivity index (χ4v) is 2.70. The van der Waals surface area contributed by atoms with E-state index >= 15 is 0 Å². The highest BCUT2D eigenvalue weighted by atomic mass is 16.3. The van der Waals surface area contributed by atoms with Crippen LogP contribution in [-0.4, -0.2) is 35.7 Å². The maximum atomic E-state index is 10.4. The molecule has 2 nitrogen and oxygen atoms in total. The largest absolute Gasteiger partial charge is 0.390 e. The quantitative estimate of drug-likeness (QED) is 0.657. The summed E-state index contributed by atoms with van der Waals surface area (Å²) in [5, 5.41) is 10.4. The van der Waals surface area contributed by atoms with E-state index in [-0.39, 0.29) is 5.60 Å². The van der Waals surface area contributed by atoms with Crippen LogP contribution < -0.4 is 0 Å². The van der Waals surface area contributed by atoms with E-state index in [0.717, 1.165) is 32.4 Å². The van der Waals surface area contributed by atoms with E-state index in [2.05, 4.69) is 18.9 Å². The van der Waals surface area contributed by atoms with Gasteiger partial charge in [0.2, 0.25) is 0 Å². The monoisotopic (exact) mass is 241 g/mol. The van der Waals surface area contributed by atoms with Crippen molar-refractivity contribution in [2.75, 3.05) is 20.1 Å². The highest BCUT2D eigenvalue weighted by Crippen LogP contribution is 2.27. The zero-order valence-electron chi connectivity index (χ0n) is 11.9. The lowest BCUT2D eigenvalue weighted by atomic mass is 9.86. The normalized spacial score (nSPS) is 20.6. The van der Waals surface area contributed by atoms with Gasteiger partial charge in [0.1, 0.15) is 0 Å². The minimum Gasteiger partial charge on any atom is -0.390 e. The van der Waals surface area contributed by atoms with Gasteiger partial charge in [0.05, 0.1) is 5.60 Å². The lowest BCUT2D eigenvalue weighted by Gasteiger charge is -2.36. The highest BCUT2D eigenvalue weighted by molar-refractivity contribution is 4.84. The van der Waals surface area contributed by atoms with Crippen molar-refractivity contribution in [2.24, 2.45) is 0 Å². The maximum absolute atomic E-state index is 10.4. The zero-order valence-corrected chi connectivity index (χ0v) is 11.9. The summed E-state index contributed by atoms with van der Waals surface area (Å²) in [6.07, 6.45) is 12.3. The highest BCUT2D eigenvalue weighted by Gasteiger charge is 2.30. The van der Waals surface area contributed by atoms with E-state index in [1.165, 1.54) is 44.9 Å². The molecule has 0 bridgehead atoms. The van der Waals surface area contributed by atoms with Gasteiger partial charge < -0.3 is 10.0 Å². The van der Waals surface area contributed by atoms with Gasteiger partial charge in [0, 0.05) is 13.1 Å². The molecule has 0 spiro atoms. The maximum Gasteiger partial charge on any atom is 0.0672 e. The van der Waals surface area contributed by atoms with Crippen LogP contribution in [0.4, 0.5) is 0 Å². The van der Waals surface area contributed by atoms with Crippen LogP contribution in [0.5, 0.6) is 0 Å². The Hall–Kier alpha value is -0.0800. The van der Waals surface area contributed by atoms with Crippen molar-refractivity contribution in [1.29, 1.82) is 0 Å². The fraction of sp³-hybridized carbons (Fsp3) is 1.00. The Bertz CT molecular complexity index is 185. The van der Waals surface area contributed by atoms with Gasteiger partial charge in [-0.2, -0.15) is 0 Å². The summed E-state index contributed by atoms with van der Waals surface area (Å²) in [5.74, 6) is 0. The number of hydrogen-bond donors (Lipinski definition) is 1. The number of unbranched alkanes of at least 4 members (excludes halogenated alkanes) is 6. The molecule has 0 amide bonds. The lowest BCUT2D eigenvalue weighted by molar-refractivity contribution is -0.0241. The molecule has 0 aromatic carbocycles. The number of aliphatic hydroxyl groups is 1. The SMILES string of the molecule is CCCCCCCCCC1(O)CCN(C)CC1. The number of piperidine rings is 1. The number of likely N-dealkylation sites (tertiary alicyclic amines) is 1. The molecule has 17 heavy (non-hydrogen) atoms. The Morgan fingerprint density at radius 2 is 1.47 bits per heavy atom. The van der Waals surface area contributed by atoms with E-state index in [1.54, 1.807) is 0 Å². The second-order valence-electron chi connectivity index (χ2n) is 5.90. The fourth-order valence-electron chi connectivity index (χ4n) is 2.70. The number of rotatable bonds is 8. The predicted octanol–water partition coefficient (Wildman–Crippen LogP) is 3.58. The van der Waals surface area contributed by atoms with Gasteiger partial charge in [-0.1, -0.05) is 51.9 Å². The second-order valence-corrected chi connectivity index (χ2v) is 5.90. The Morgan fingerprint density at radius 3 is 2.06 bits per heavy atom. The van der Waals surface area contributed by atoms with Gasteiger partial charge in [0.25, 0.3) is 0 Å². The molecule has 0 unspecified atom stereocenters. The molecule has 1 N–H and O–H groups in total. The first-order valence-corrected chi connectivity index (χ1v) is 7.57. The Balaban J connectivity index is 1.98. The standard InChI is InChI=1S/C15H31NO/c1-3-4-5-6-7-8-9-10-15(17)11-13-16(2)14-12-15/h17H,3-14H2,1-2H3. The average molecular weight is 241 g/mol. The van der Waals surface area contributed by atoms with Crippen LogP contribution in [0.25, 0.3) is 0 Å². The van der Waals surface area contributed by atoms with E-state index in [0.29, 0.717) is 0 Å². The molecule has 0 aromatic rings. The molecule has 102 valence electrons. The summed E-state index contributed by atoms with van der Waals surface area (Å²) in [6.45, 7) is 4.38. The van der Waals surface area contributed by atoms with Crippen molar-refractivity contribution in [3.05, 3.63) is 0 Å². The molecule has 0 atom stereocenters. The Kier molecular flexibility index (Phi) is 7.14. The van der Waals surface area contributed by atoms with Crippen molar-refractivity contribution in [3.63, 3.8) is 0 Å². The molecule has 0 aromatic heterocycles. The summed E-state index contributed by atoms with van der Waals surface area (Å²) in [7, 11) is 2.15. The van der Waals surface area contributed by atoms with Gasteiger partial charge in [-0.05, 0) is 26.3 Å². The molecule has 1 saturated heterocycles. The van der Waals surface area contributed by atoms with Gasteiger partial charge >= 0.3 is 0 Å². The van der Waals surface area contributed by atoms with E-state index in [1.807, 2.05) is 0 Å². The minimum atomic E-state index is -0.337. The van der Waals surface area contributed by atoms with Gasteiger partial charge in [-0.3, -0.25) is 0 Å². The molecule has 0 radical (unpaired) electrons. The lowest BCUT2D eigenvalue weighted by Crippen LogP contribution is -2.42. The number of nitrogens with zero attached hydrogens (tertiary/aromatic N) is 1. The van der Waals surface area contributed by atoms with Crippen molar-refractivity contribution in [2.45, 2.75) is 76.7 Å². The molecule has 1 rings (SSSR count). The van der Waals surface area contributed by atoms with Gasteiger partial charge in [-0.15, -0.1) is 0 Å². The molecular formula is C15H31NO. The molecule has 1 fully saturated rings. The van der Waals surface area contributed by atoms with Crippen LogP contribution in [0, 0.1) is 0 Å². The minimum absolute atomic E-state index is 0.337. The van der Waals surface area contributed by atoms with Crippen molar-refractivity contribution < 1.29 is 5.11 Å². The van der Waals surface area contributed by atoms with E-state index in [9.17, 15) is 5.11 Å². The average Bonchev–Trinajstić information content (AvgIpc) is 2.32. The van der Waals surface area contributed by atoms with Crippen LogP contribution in [-0.2, 0) is 0 Å². The Labute approximate surface area is 107 Å². The molecule has 0 aliphatic carbocycles. The third-order valence-electron chi connectivity index (χ3n) is 4.16. The first-order chi connectivity index (χ1) is 8.16. The van der Waals surface area contributed by atoms with E-state index in [4.69, 9.17) is 0 Å².